The number of rotatable bonds is 5. The SMILES string of the molecule is CCC(C)CS(=O)(=O)NC(=O)C1SCCc2ccccc21. The number of hydrogen-bond acceptors (Lipinski definition) is 4. The van der Waals surface area contributed by atoms with Crippen LogP contribution in [0.25, 0.3) is 0 Å². The van der Waals surface area contributed by atoms with Crippen molar-refractivity contribution < 1.29 is 13.2 Å². The minimum atomic E-state index is -3.56. The molecule has 0 aliphatic carbocycles. The molecule has 2 rings (SSSR count). The molecule has 0 spiro atoms. The van der Waals surface area contributed by atoms with Gasteiger partial charge in [0.05, 0.1) is 5.75 Å². The van der Waals surface area contributed by atoms with Crippen LogP contribution in [0.15, 0.2) is 24.3 Å². The minimum absolute atomic E-state index is 0.00568. The molecule has 2 atom stereocenters. The Bertz CT molecular complexity index is 613. The monoisotopic (exact) mass is 327 g/mol. The minimum Gasteiger partial charge on any atom is -0.272 e. The summed E-state index contributed by atoms with van der Waals surface area (Å²) in [7, 11) is -3.56. The molecule has 0 bridgehead atoms. The van der Waals surface area contributed by atoms with Crippen molar-refractivity contribution >= 4 is 27.7 Å². The summed E-state index contributed by atoms with van der Waals surface area (Å²) in [6, 6.07) is 7.75. The molecule has 0 fully saturated rings. The second-order valence-corrected chi connectivity index (χ2v) is 8.44. The average Bonchev–Trinajstić information content (AvgIpc) is 2.45. The van der Waals surface area contributed by atoms with E-state index in [1.807, 2.05) is 38.1 Å². The number of sulfonamides is 1. The first-order chi connectivity index (χ1) is 9.93. The van der Waals surface area contributed by atoms with Crippen molar-refractivity contribution in [2.75, 3.05) is 11.5 Å². The Morgan fingerprint density at radius 1 is 1.43 bits per heavy atom. The zero-order valence-electron chi connectivity index (χ0n) is 12.3. The van der Waals surface area contributed by atoms with E-state index in [0.717, 1.165) is 29.7 Å². The molecule has 6 heteroatoms. The highest BCUT2D eigenvalue weighted by molar-refractivity contribution is 8.00. The molecule has 1 heterocycles. The lowest BCUT2D eigenvalue weighted by Gasteiger charge is -2.24. The molecule has 1 aromatic carbocycles. The zero-order chi connectivity index (χ0) is 15.5. The highest BCUT2D eigenvalue weighted by Crippen LogP contribution is 2.36. The third-order valence-corrected chi connectivity index (χ3v) is 6.45. The average molecular weight is 327 g/mol. The molecular formula is C15H21NO3S2. The van der Waals surface area contributed by atoms with E-state index in [1.165, 1.54) is 11.8 Å². The molecule has 0 saturated heterocycles. The molecule has 1 aliphatic heterocycles. The molecule has 1 aliphatic rings. The van der Waals surface area contributed by atoms with E-state index in [-0.39, 0.29) is 11.7 Å². The Morgan fingerprint density at radius 3 is 2.86 bits per heavy atom. The van der Waals surface area contributed by atoms with Crippen molar-refractivity contribution in [3.63, 3.8) is 0 Å². The van der Waals surface area contributed by atoms with Crippen molar-refractivity contribution in [1.29, 1.82) is 0 Å². The first-order valence-corrected chi connectivity index (χ1v) is 9.86. The van der Waals surface area contributed by atoms with Crippen molar-refractivity contribution in [3.8, 4) is 0 Å². The lowest BCUT2D eigenvalue weighted by Crippen LogP contribution is -2.37. The number of aryl methyl sites for hydroxylation is 1. The highest BCUT2D eigenvalue weighted by Gasteiger charge is 2.29. The molecule has 116 valence electrons. The highest BCUT2D eigenvalue weighted by atomic mass is 32.2. The van der Waals surface area contributed by atoms with Crippen LogP contribution < -0.4 is 4.72 Å². The van der Waals surface area contributed by atoms with Gasteiger partial charge in [0.15, 0.2) is 0 Å². The van der Waals surface area contributed by atoms with Crippen LogP contribution in [0, 0.1) is 5.92 Å². The normalized spacial score (nSPS) is 19.6. The number of thioether (sulfide) groups is 1. The van der Waals surface area contributed by atoms with E-state index >= 15 is 0 Å². The molecule has 0 radical (unpaired) electrons. The first-order valence-electron chi connectivity index (χ1n) is 7.16. The van der Waals surface area contributed by atoms with Crippen LogP contribution in [0.3, 0.4) is 0 Å². The molecule has 21 heavy (non-hydrogen) atoms. The number of carbonyl (C=O) groups excluding carboxylic acids is 1. The number of carbonyl (C=O) groups is 1. The van der Waals surface area contributed by atoms with Crippen LogP contribution in [0.1, 0.15) is 36.6 Å². The summed E-state index contributed by atoms with van der Waals surface area (Å²) < 4.78 is 26.3. The van der Waals surface area contributed by atoms with Gasteiger partial charge in [0.1, 0.15) is 5.25 Å². The van der Waals surface area contributed by atoms with Gasteiger partial charge in [-0.05, 0) is 29.2 Å². The number of amides is 1. The second kappa shape index (κ2) is 6.83. The van der Waals surface area contributed by atoms with Gasteiger partial charge in [0.2, 0.25) is 10.0 Å². The van der Waals surface area contributed by atoms with Gasteiger partial charge in [-0.2, -0.15) is 0 Å². The fourth-order valence-electron chi connectivity index (χ4n) is 2.35. The maximum absolute atomic E-state index is 12.3. The second-order valence-electron chi connectivity index (χ2n) is 5.46. The van der Waals surface area contributed by atoms with E-state index in [0.29, 0.717) is 0 Å². The predicted molar refractivity (Wildman–Crippen MR) is 86.7 cm³/mol. The summed E-state index contributed by atoms with van der Waals surface area (Å²) in [4.78, 5) is 12.3. The standard InChI is InChI=1S/C15H21NO3S2/c1-3-11(2)10-21(18,19)16-15(17)14-13-7-5-4-6-12(13)8-9-20-14/h4-7,11,14H,3,8-10H2,1-2H3,(H,16,17). The summed E-state index contributed by atoms with van der Waals surface area (Å²) >= 11 is 1.50. The van der Waals surface area contributed by atoms with Crippen LogP contribution in [-0.2, 0) is 21.2 Å². The molecule has 1 aromatic rings. The van der Waals surface area contributed by atoms with Gasteiger partial charge in [-0.3, -0.25) is 9.52 Å². The zero-order valence-corrected chi connectivity index (χ0v) is 14.0. The summed E-state index contributed by atoms with van der Waals surface area (Å²) in [5.74, 6) is 0.450. The predicted octanol–water partition coefficient (Wildman–Crippen LogP) is 2.51. The van der Waals surface area contributed by atoms with Crippen LogP contribution in [-0.4, -0.2) is 25.8 Å². The van der Waals surface area contributed by atoms with E-state index in [1.54, 1.807) is 0 Å². The summed E-state index contributed by atoms with van der Waals surface area (Å²) in [6.45, 7) is 3.81. The van der Waals surface area contributed by atoms with Crippen molar-refractivity contribution in [2.24, 2.45) is 5.92 Å². The van der Waals surface area contributed by atoms with Crippen LogP contribution in [0.2, 0.25) is 0 Å². The smallest absolute Gasteiger partial charge is 0.251 e. The third-order valence-electron chi connectivity index (χ3n) is 3.69. The van der Waals surface area contributed by atoms with E-state index in [4.69, 9.17) is 0 Å². The molecule has 2 unspecified atom stereocenters. The lowest BCUT2D eigenvalue weighted by atomic mass is 10.0. The molecule has 0 aromatic heterocycles. The third kappa shape index (κ3) is 4.23. The van der Waals surface area contributed by atoms with Gasteiger partial charge in [-0.15, -0.1) is 11.8 Å². The summed E-state index contributed by atoms with van der Waals surface area (Å²) in [5.41, 5.74) is 2.07. The van der Waals surface area contributed by atoms with Crippen molar-refractivity contribution in [1.82, 2.24) is 4.72 Å². The Kier molecular flexibility index (Phi) is 5.32. The van der Waals surface area contributed by atoms with Crippen molar-refractivity contribution in [2.45, 2.75) is 31.9 Å². The van der Waals surface area contributed by atoms with Gasteiger partial charge < -0.3 is 0 Å². The van der Waals surface area contributed by atoms with E-state index < -0.39 is 21.2 Å². The van der Waals surface area contributed by atoms with E-state index in [9.17, 15) is 13.2 Å². The largest absolute Gasteiger partial charge is 0.272 e. The fraction of sp³-hybridized carbons (Fsp3) is 0.533. The van der Waals surface area contributed by atoms with Crippen LogP contribution in [0.4, 0.5) is 0 Å². The lowest BCUT2D eigenvalue weighted by molar-refractivity contribution is -0.118. The molecule has 4 nitrogen and oxygen atoms in total. The van der Waals surface area contributed by atoms with Gasteiger partial charge in [0.25, 0.3) is 5.91 Å². The summed E-state index contributed by atoms with van der Waals surface area (Å²) in [6.07, 6.45) is 1.69. The Morgan fingerprint density at radius 2 is 2.14 bits per heavy atom. The maximum Gasteiger partial charge on any atom is 0.251 e. The van der Waals surface area contributed by atoms with Gasteiger partial charge in [0, 0.05) is 0 Å². The van der Waals surface area contributed by atoms with Gasteiger partial charge >= 0.3 is 0 Å². The molecule has 0 saturated carbocycles. The Balaban J connectivity index is 2.12. The topological polar surface area (TPSA) is 63.2 Å². The fourth-order valence-corrected chi connectivity index (χ4v) is 5.11. The number of nitrogens with one attached hydrogen (secondary N) is 1. The van der Waals surface area contributed by atoms with Gasteiger partial charge in [-0.1, -0.05) is 44.5 Å². The quantitative estimate of drug-likeness (QED) is 0.902. The number of fused-ring (bicyclic) bond motifs is 1. The molecule has 1 N–H and O–H groups in total. The van der Waals surface area contributed by atoms with Crippen LogP contribution in [0.5, 0.6) is 0 Å². The number of hydrogen-bond donors (Lipinski definition) is 1. The summed E-state index contributed by atoms with van der Waals surface area (Å²) in [5, 5.41) is -0.429. The first kappa shape index (κ1) is 16.4. The maximum atomic E-state index is 12.3. The van der Waals surface area contributed by atoms with Crippen molar-refractivity contribution in [3.05, 3.63) is 35.4 Å². The Hall–Kier alpha value is -1.01. The Labute approximate surface area is 130 Å². The van der Waals surface area contributed by atoms with Crippen LogP contribution >= 0.6 is 11.8 Å². The van der Waals surface area contributed by atoms with E-state index in [2.05, 4.69) is 4.72 Å². The molecule has 1 amide bonds. The van der Waals surface area contributed by atoms with Gasteiger partial charge in [-0.25, -0.2) is 8.42 Å². The number of benzene rings is 1. The molecular weight excluding hydrogens is 306 g/mol.